The number of nitrogens with zero attached hydrogens (tertiary/aromatic N) is 1. The molecule has 1 aliphatic carbocycles. The van der Waals surface area contributed by atoms with Gasteiger partial charge in [-0.05, 0) is 44.7 Å². The maximum absolute atomic E-state index is 13.1. The highest BCUT2D eigenvalue weighted by Crippen LogP contribution is 2.26. The van der Waals surface area contributed by atoms with Crippen LogP contribution in [-0.2, 0) is 27.4 Å². The van der Waals surface area contributed by atoms with Gasteiger partial charge in [-0.1, -0.05) is 73.5 Å². The van der Waals surface area contributed by atoms with E-state index in [0.717, 1.165) is 28.9 Å². The van der Waals surface area contributed by atoms with Crippen molar-refractivity contribution in [2.24, 2.45) is 0 Å². The lowest BCUT2D eigenvalue weighted by Crippen LogP contribution is -2.57. The van der Waals surface area contributed by atoms with Crippen molar-refractivity contribution in [3.8, 4) is 0 Å². The molecule has 8 nitrogen and oxygen atoms in total. The van der Waals surface area contributed by atoms with Crippen LogP contribution in [0.5, 0.6) is 0 Å². The number of benzene rings is 2. The molecule has 0 aliphatic heterocycles. The lowest BCUT2D eigenvalue weighted by Gasteiger charge is -2.38. The third kappa shape index (κ3) is 8.31. The second-order valence-electron chi connectivity index (χ2n) is 9.55. The molecule has 1 fully saturated rings. The Bertz CT molecular complexity index is 974. The Morgan fingerprint density at radius 3 is 1.94 bits per heavy atom. The molecule has 2 aromatic carbocycles. The fourth-order valence-corrected chi connectivity index (χ4v) is 3.95. The van der Waals surface area contributed by atoms with Gasteiger partial charge in [0.2, 0.25) is 0 Å². The predicted molar refractivity (Wildman–Crippen MR) is 131 cm³/mol. The first-order chi connectivity index (χ1) is 16.7. The van der Waals surface area contributed by atoms with Gasteiger partial charge in [0.25, 0.3) is 0 Å². The van der Waals surface area contributed by atoms with Crippen molar-refractivity contribution in [3.63, 3.8) is 0 Å². The highest BCUT2D eigenvalue weighted by Gasteiger charge is 2.41. The van der Waals surface area contributed by atoms with Crippen LogP contribution in [0.1, 0.15) is 57.6 Å². The number of carbonyl (C=O) groups excluding carboxylic acids is 3. The van der Waals surface area contributed by atoms with Crippen LogP contribution in [0.25, 0.3) is 0 Å². The van der Waals surface area contributed by atoms with Gasteiger partial charge < -0.3 is 19.5 Å². The predicted octanol–water partition coefficient (Wildman–Crippen LogP) is 5.80. The summed E-state index contributed by atoms with van der Waals surface area (Å²) in [6.07, 6.45) is 0.549. The Kier molecular flexibility index (Phi) is 9.11. The quantitative estimate of drug-likeness (QED) is 0.523. The summed E-state index contributed by atoms with van der Waals surface area (Å²) in [5, 5.41) is 2.85. The Hall–Kier alpha value is -3.55. The van der Waals surface area contributed by atoms with Crippen molar-refractivity contribution >= 4 is 18.3 Å². The second-order valence-corrected chi connectivity index (χ2v) is 9.55. The van der Waals surface area contributed by atoms with Gasteiger partial charge >= 0.3 is 18.3 Å². The number of rotatable bonds is 6. The van der Waals surface area contributed by atoms with Gasteiger partial charge in [-0.15, -0.1) is 0 Å². The number of nitrogens with one attached hydrogen (secondary N) is 1. The Morgan fingerprint density at radius 2 is 1.37 bits per heavy atom. The first kappa shape index (κ1) is 26.1. The van der Waals surface area contributed by atoms with Crippen LogP contribution in [-0.4, -0.2) is 40.9 Å². The fourth-order valence-electron chi connectivity index (χ4n) is 3.95. The highest BCUT2D eigenvalue weighted by molar-refractivity contribution is 5.88. The zero-order chi connectivity index (χ0) is 25.3. The first-order valence-corrected chi connectivity index (χ1v) is 11.9. The van der Waals surface area contributed by atoms with Gasteiger partial charge in [-0.2, -0.15) is 0 Å². The maximum atomic E-state index is 13.1. The van der Waals surface area contributed by atoms with E-state index in [4.69, 9.17) is 14.2 Å². The molecule has 188 valence electrons. The molecule has 0 spiro atoms. The minimum absolute atomic E-state index is 0.0168. The molecule has 0 bridgehead atoms. The molecule has 3 rings (SSSR count). The van der Waals surface area contributed by atoms with Crippen LogP contribution in [0.4, 0.5) is 14.4 Å². The molecule has 8 heteroatoms. The standard InChI is InChI=1S/C27H34N2O6/c1-27(2,3)35-26(32)29(25(31)34-19-21-14-8-5-9-15-21)23-17-11-10-16-22(23)28-24(30)33-18-20-12-6-4-7-13-20/h4-9,12-15,22-23H,10-11,16-19H2,1-3H3,(H,28,30). The summed E-state index contributed by atoms with van der Waals surface area (Å²) in [7, 11) is 0. The molecular weight excluding hydrogens is 448 g/mol. The van der Waals surface area contributed by atoms with E-state index in [0.29, 0.717) is 12.8 Å². The van der Waals surface area contributed by atoms with Gasteiger partial charge in [-0.3, -0.25) is 0 Å². The summed E-state index contributed by atoms with van der Waals surface area (Å²) >= 11 is 0. The zero-order valence-corrected chi connectivity index (χ0v) is 20.6. The summed E-state index contributed by atoms with van der Waals surface area (Å²) in [4.78, 5) is 39.8. The smallest absolute Gasteiger partial charge is 0.420 e. The molecule has 2 aromatic rings. The van der Waals surface area contributed by atoms with Crippen LogP contribution in [0.15, 0.2) is 60.7 Å². The molecule has 3 amide bonds. The molecule has 1 N–H and O–H groups in total. The molecule has 2 unspecified atom stereocenters. The van der Waals surface area contributed by atoms with Crippen molar-refractivity contribution in [2.75, 3.05) is 0 Å². The Morgan fingerprint density at radius 1 is 0.829 bits per heavy atom. The van der Waals surface area contributed by atoms with Crippen molar-refractivity contribution in [1.29, 1.82) is 0 Å². The SMILES string of the molecule is CC(C)(C)OC(=O)N(C(=O)OCc1ccccc1)C1CCCCC1NC(=O)OCc1ccccc1. The number of alkyl carbamates (subject to hydrolysis) is 1. The molecule has 35 heavy (non-hydrogen) atoms. The van der Waals surface area contributed by atoms with E-state index in [1.807, 2.05) is 60.7 Å². The third-order valence-electron chi connectivity index (χ3n) is 5.57. The maximum Gasteiger partial charge on any atom is 0.420 e. The van der Waals surface area contributed by atoms with Crippen LogP contribution < -0.4 is 5.32 Å². The summed E-state index contributed by atoms with van der Waals surface area (Å²) in [6.45, 7) is 5.34. The highest BCUT2D eigenvalue weighted by atomic mass is 16.6. The van der Waals surface area contributed by atoms with Crippen molar-refractivity contribution < 1.29 is 28.6 Å². The number of hydrogen-bond donors (Lipinski definition) is 1. The lowest BCUT2D eigenvalue weighted by molar-refractivity contribution is 0.00391. The number of carbonyl (C=O) groups is 3. The summed E-state index contributed by atoms with van der Waals surface area (Å²) in [6, 6.07) is 17.5. The van der Waals surface area contributed by atoms with Gasteiger partial charge in [0.15, 0.2) is 0 Å². The van der Waals surface area contributed by atoms with E-state index in [9.17, 15) is 14.4 Å². The van der Waals surface area contributed by atoms with E-state index >= 15 is 0 Å². The van der Waals surface area contributed by atoms with E-state index in [2.05, 4.69) is 5.32 Å². The minimum Gasteiger partial charge on any atom is -0.445 e. The van der Waals surface area contributed by atoms with Crippen molar-refractivity contribution in [2.45, 2.75) is 77.4 Å². The summed E-state index contributed by atoms with van der Waals surface area (Å²) < 4.78 is 16.4. The molecule has 0 aromatic heterocycles. The van der Waals surface area contributed by atoms with E-state index < -0.39 is 36.0 Å². The van der Waals surface area contributed by atoms with Crippen LogP contribution in [0.3, 0.4) is 0 Å². The summed E-state index contributed by atoms with van der Waals surface area (Å²) in [5.74, 6) is 0. The fraction of sp³-hybridized carbons (Fsp3) is 0.444. The van der Waals surface area contributed by atoms with E-state index in [1.165, 1.54) is 0 Å². The molecule has 0 saturated heterocycles. The Labute approximate surface area is 206 Å². The topological polar surface area (TPSA) is 94.2 Å². The van der Waals surface area contributed by atoms with E-state index in [-0.39, 0.29) is 13.2 Å². The average molecular weight is 483 g/mol. The van der Waals surface area contributed by atoms with Gasteiger partial charge in [0, 0.05) is 0 Å². The molecule has 2 atom stereocenters. The first-order valence-electron chi connectivity index (χ1n) is 11.9. The Balaban J connectivity index is 1.71. The zero-order valence-electron chi connectivity index (χ0n) is 20.6. The van der Waals surface area contributed by atoms with Crippen molar-refractivity contribution in [1.82, 2.24) is 10.2 Å². The number of ether oxygens (including phenoxy) is 3. The number of imide groups is 1. The molecular formula is C27H34N2O6. The average Bonchev–Trinajstić information content (AvgIpc) is 2.83. The normalized spacial score (nSPS) is 17.7. The second kappa shape index (κ2) is 12.2. The van der Waals surface area contributed by atoms with Gasteiger partial charge in [-0.25, -0.2) is 19.3 Å². The lowest BCUT2D eigenvalue weighted by atomic mass is 9.89. The molecule has 0 radical (unpaired) electrons. The van der Waals surface area contributed by atoms with Crippen LogP contribution >= 0.6 is 0 Å². The third-order valence-corrected chi connectivity index (χ3v) is 5.57. The minimum atomic E-state index is -0.806. The molecule has 1 saturated carbocycles. The number of amides is 3. The van der Waals surface area contributed by atoms with Crippen LogP contribution in [0, 0.1) is 0 Å². The summed E-state index contributed by atoms with van der Waals surface area (Å²) in [5.41, 5.74) is 0.858. The number of hydrogen-bond acceptors (Lipinski definition) is 6. The monoisotopic (exact) mass is 482 g/mol. The van der Waals surface area contributed by atoms with Crippen molar-refractivity contribution in [3.05, 3.63) is 71.8 Å². The van der Waals surface area contributed by atoms with Gasteiger partial charge in [0.1, 0.15) is 18.8 Å². The van der Waals surface area contributed by atoms with Gasteiger partial charge in [0.05, 0.1) is 12.1 Å². The largest absolute Gasteiger partial charge is 0.445 e. The molecule has 1 aliphatic rings. The van der Waals surface area contributed by atoms with E-state index in [1.54, 1.807) is 20.8 Å². The van der Waals surface area contributed by atoms with Crippen LogP contribution in [0.2, 0.25) is 0 Å². The molecule has 0 heterocycles.